The summed E-state index contributed by atoms with van der Waals surface area (Å²) in [5, 5.41) is 4.89. The van der Waals surface area contributed by atoms with Crippen LogP contribution in [-0.4, -0.2) is 86.4 Å². The summed E-state index contributed by atoms with van der Waals surface area (Å²) in [4.78, 5) is 39.9. The zero-order valence-corrected chi connectivity index (χ0v) is 19.8. The summed E-state index contributed by atoms with van der Waals surface area (Å²) in [5.41, 5.74) is 5.57. The Balaban J connectivity index is 1.70. The summed E-state index contributed by atoms with van der Waals surface area (Å²) >= 11 is 0. The van der Waals surface area contributed by atoms with Crippen LogP contribution < -0.4 is 16.4 Å². The first kappa shape index (κ1) is 24.9. The molecule has 3 fully saturated rings. The third kappa shape index (κ3) is 6.41. The maximum atomic E-state index is 13.2. The average Bonchev–Trinajstić information content (AvgIpc) is 2.78. The number of piperazine rings is 1. The molecule has 10 nitrogen and oxygen atoms in total. The molecule has 11 heteroatoms. The smallest absolute Gasteiger partial charge is 0.240 e. The Bertz CT molecular complexity index is 792. The zero-order chi connectivity index (χ0) is 23.3. The lowest BCUT2D eigenvalue weighted by Crippen LogP contribution is -2.86. The van der Waals surface area contributed by atoms with Gasteiger partial charge in [-0.2, -0.15) is 4.31 Å². The molecule has 1 aliphatic carbocycles. The molecule has 0 aromatic carbocycles. The van der Waals surface area contributed by atoms with E-state index in [9.17, 15) is 22.8 Å². The number of nitrogens with two attached hydrogens (primary N) is 2. The van der Waals surface area contributed by atoms with Crippen molar-refractivity contribution >= 4 is 27.7 Å². The van der Waals surface area contributed by atoms with Gasteiger partial charge in [-0.15, -0.1) is 0 Å². The highest BCUT2D eigenvalue weighted by molar-refractivity contribution is 7.88. The van der Waals surface area contributed by atoms with Gasteiger partial charge in [0.25, 0.3) is 0 Å². The highest BCUT2D eigenvalue weighted by Crippen LogP contribution is 2.27. The monoisotopic (exact) mass is 472 g/mol. The van der Waals surface area contributed by atoms with Crippen LogP contribution in [0, 0.1) is 11.8 Å². The third-order valence-electron chi connectivity index (χ3n) is 7.11. The Morgan fingerprint density at radius 2 is 1.72 bits per heavy atom. The topological polar surface area (TPSA) is 146 Å². The number of sulfonamides is 1. The van der Waals surface area contributed by atoms with Crippen molar-refractivity contribution < 1.29 is 28.1 Å². The molecule has 2 saturated heterocycles. The number of piperidine rings is 1. The number of primary amides is 1. The van der Waals surface area contributed by atoms with Crippen LogP contribution in [0.2, 0.25) is 0 Å². The molecule has 2 atom stereocenters. The fraction of sp³-hybridized carbons (Fsp3) is 0.857. The van der Waals surface area contributed by atoms with Gasteiger partial charge in [0.2, 0.25) is 27.7 Å². The van der Waals surface area contributed by atoms with Crippen molar-refractivity contribution in [2.24, 2.45) is 17.6 Å². The Morgan fingerprint density at radius 3 is 2.31 bits per heavy atom. The van der Waals surface area contributed by atoms with E-state index in [1.165, 1.54) is 6.42 Å². The van der Waals surface area contributed by atoms with E-state index in [1.54, 1.807) is 4.90 Å². The van der Waals surface area contributed by atoms with Crippen molar-refractivity contribution in [1.29, 1.82) is 0 Å². The fourth-order valence-corrected chi connectivity index (χ4v) is 6.32. The predicted octanol–water partition coefficient (Wildman–Crippen LogP) is -1.63. The van der Waals surface area contributed by atoms with E-state index in [0.717, 1.165) is 62.2 Å². The molecule has 0 radical (unpaired) electrons. The number of carbonyl (C=O) groups is 3. The second-order valence-electron chi connectivity index (χ2n) is 9.52. The van der Waals surface area contributed by atoms with Gasteiger partial charge in [0.1, 0.15) is 12.1 Å². The third-order valence-corrected chi connectivity index (χ3v) is 8.40. The lowest BCUT2D eigenvalue weighted by Gasteiger charge is -2.40. The first-order valence-corrected chi connectivity index (χ1v) is 13.7. The lowest BCUT2D eigenvalue weighted by molar-refractivity contribution is -0.664. The summed E-state index contributed by atoms with van der Waals surface area (Å²) < 4.78 is 25.9. The van der Waals surface area contributed by atoms with Gasteiger partial charge in [0.15, 0.2) is 0 Å². The fourth-order valence-electron chi connectivity index (χ4n) is 5.28. The molecule has 32 heavy (non-hydrogen) atoms. The van der Waals surface area contributed by atoms with Crippen molar-refractivity contribution in [2.45, 2.75) is 63.5 Å². The highest BCUT2D eigenvalue weighted by atomic mass is 32.2. The average molecular weight is 473 g/mol. The van der Waals surface area contributed by atoms with Crippen LogP contribution in [0.5, 0.6) is 0 Å². The van der Waals surface area contributed by atoms with E-state index in [0.29, 0.717) is 12.3 Å². The van der Waals surface area contributed by atoms with E-state index in [-0.39, 0.29) is 31.5 Å². The number of nitrogens with one attached hydrogen (secondary N) is 1. The molecule has 3 aliphatic rings. The standard InChI is InChI=1S/C21H37N5O5S/c1-32(30,31)26-12-11-25(21(29)16-7-9-23-10-8-16)14-18(26)20(28)24-17(19(22)27)13-15-5-3-2-4-6-15/h15-18,23H,2-14H2,1H3,(H2,22,27)(H,24,28)/p+1/t17-,18-/m0/s1. The minimum absolute atomic E-state index is 0.00708. The van der Waals surface area contributed by atoms with Crippen molar-refractivity contribution in [3.05, 3.63) is 0 Å². The first-order valence-electron chi connectivity index (χ1n) is 11.8. The van der Waals surface area contributed by atoms with Gasteiger partial charge in [-0.1, -0.05) is 32.1 Å². The van der Waals surface area contributed by atoms with Gasteiger partial charge < -0.3 is 21.3 Å². The van der Waals surface area contributed by atoms with Gasteiger partial charge in [0, 0.05) is 38.4 Å². The van der Waals surface area contributed by atoms with Gasteiger partial charge in [-0.25, -0.2) is 8.42 Å². The molecule has 2 aliphatic heterocycles. The molecule has 3 amide bonds. The SMILES string of the molecule is CS(=O)(=O)N1CCN(C(=O)C2CC[NH2+]CC2)C[C@H]1C(=O)N[C@@H](CC1CCCCC1)C(N)=O. The van der Waals surface area contributed by atoms with E-state index < -0.39 is 33.9 Å². The molecule has 0 aromatic rings. The Hall–Kier alpha value is -1.72. The van der Waals surface area contributed by atoms with Crippen molar-refractivity contribution in [3.8, 4) is 0 Å². The molecule has 0 bridgehead atoms. The summed E-state index contributed by atoms with van der Waals surface area (Å²) in [6, 6.07) is -1.90. The Labute approximate surface area is 190 Å². The van der Waals surface area contributed by atoms with Crippen LogP contribution in [0.25, 0.3) is 0 Å². The minimum Gasteiger partial charge on any atom is -0.368 e. The molecular formula is C21H38N5O5S+. The number of hydrogen-bond donors (Lipinski definition) is 3. The van der Waals surface area contributed by atoms with Crippen LogP contribution in [0.3, 0.4) is 0 Å². The van der Waals surface area contributed by atoms with Crippen molar-refractivity contribution in [3.63, 3.8) is 0 Å². The van der Waals surface area contributed by atoms with Crippen LogP contribution >= 0.6 is 0 Å². The number of carbonyl (C=O) groups excluding carboxylic acids is 3. The molecule has 182 valence electrons. The molecular weight excluding hydrogens is 434 g/mol. The van der Waals surface area contributed by atoms with Crippen molar-refractivity contribution in [2.75, 3.05) is 39.0 Å². The number of nitrogens with zero attached hydrogens (tertiary/aromatic N) is 2. The molecule has 3 rings (SSSR count). The van der Waals surface area contributed by atoms with Gasteiger partial charge in [-0.3, -0.25) is 14.4 Å². The molecule has 0 spiro atoms. The second kappa shape index (κ2) is 10.9. The number of hydrogen-bond acceptors (Lipinski definition) is 5. The van der Waals surface area contributed by atoms with E-state index in [4.69, 9.17) is 5.73 Å². The first-order chi connectivity index (χ1) is 15.2. The second-order valence-corrected chi connectivity index (χ2v) is 11.5. The summed E-state index contributed by atoms with van der Waals surface area (Å²) in [5.74, 6) is -0.961. The molecule has 2 heterocycles. The normalized spacial score (nSPS) is 25.3. The van der Waals surface area contributed by atoms with Gasteiger partial charge >= 0.3 is 0 Å². The predicted molar refractivity (Wildman–Crippen MR) is 119 cm³/mol. The minimum atomic E-state index is -3.66. The van der Waals surface area contributed by atoms with Crippen LogP contribution in [-0.2, 0) is 24.4 Å². The Kier molecular flexibility index (Phi) is 8.51. The molecule has 0 aromatic heterocycles. The van der Waals surface area contributed by atoms with Crippen LogP contribution in [0.15, 0.2) is 0 Å². The van der Waals surface area contributed by atoms with E-state index in [2.05, 4.69) is 10.6 Å². The zero-order valence-electron chi connectivity index (χ0n) is 19.0. The van der Waals surface area contributed by atoms with Gasteiger partial charge in [-0.05, 0) is 12.3 Å². The Morgan fingerprint density at radius 1 is 1.06 bits per heavy atom. The van der Waals surface area contributed by atoms with Gasteiger partial charge in [0.05, 0.1) is 19.3 Å². The highest BCUT2D eigenvalue weighted by Gasteiger charge is 2.41. The summed E-state index contributed by atoms with van der Waals surface area (Å²) in [6.07, 6.45) is 8.48. The maximum absolute atomic E-state index is 13.2. The largest absolute Gasteiger partial charge is 0.368 e. The number of amides is 3. The summed E-state index contributed by atoms with van der Waals surface area (Å²) in [7, 11) is -3.66. The lowest BCUT2D eigenvalue weighted by atomic mass is 9.84. The quantitative estimate of drug-likeness (QED) is 0.407. The van der Waals surface area contributed by atoms with Crippen LogP contribution in [0.4, 0.5) is 0 Å². The molecule has 5 N–H and O–H groups in total. The number of rotatable bonds is 7. The van der Waals surface area contributed by atoms with Crippen molar-refractivity contribution in [1.82, 2.24) is 14.5 Å². The van der Waals surface area contributed by atoms with Crippen LogP contribution in [0.1, 0.15) is 51.4 Å². The molecule has 1 saturated carbocycles. The van der Waals surface area contributed by atoms with E-state index >= 15 is 0 Å². The number of quaternary nitrogens is 1. The molecule has 0 unspecified atom stereocenters. The van der Waals surface area contributed by atoms with E-state index in [1.807, 2.05) is 0 Å². The maximum Gasteiger partial charge on any atom is 0.240 e. The summed E-state index contributed by atoms with van der Waals surface area (Å²) in [6.45, 7) is 2.10.